The molecule has 3 N–H and O–H groups in total. The van der Waals surface area contributed by atoms with Gasteiger partial charge in [0.1, 0.15) is 10.6 Å². The minimum atomic E-state index is -0.405. The number of nitrogens with one attached hydrogen (secondary N) is 1. The van der Waals surface area contributed by atoms with E-state index in [1.165, 1.54) is 4.88 Å². The lowest BCUT2D eigenvalue weighted by molar-refractivity contribution is -0.115. The molecule has 1 aliphatic heterocycles. The lowest BCUT2D eigenvalue weighted by Gasteiger charge is -2.23. The molecule has 1 unspecified atom stereocenters. The minimum absolute atomic E-state index is 0.238. The van der Waals surface area contributed by atoms with Gasteiger partial charge >= 0.3 is 0 Å². The largest absolute Gasteiger partial charge is 0.364 e. The fraction of sp³-hybridized carbons (Fsp3) is 0.222. The Kier molecular flexibility index (Phi) is 2.28. The third-order valence-electron chi connectivity index (χ3n) is 2.04. The van der Waals surface area contributed by atoms with E-state index in [1.54, 1.807) is 28.5 Å². The number of hydrogen-bond acceptors (Lipinski definition) is 4. The zero-order valence-electron chi connectivity index (χ0n) is 7.61. The first-order valence-electron chi connectivity index (χ1n) is 4.12. The van der Waals surface area contributed by atoms with Crippen molar-refractivity contribution >= 4 is 29.0 Å². The van der Waals surface area contributed by atoms with Gasteiger partial charge < -0.3 is 11.1 Å². The second kappa shape index (κ2) is 3.33. The number of carbonyl (C=O) groups excluding carboxylic acids is 1. The second-order valence-electron chi connectivity index (χ2n) is 3.15. The molecule has 0 aromatic carbocycles. The highest BCUT2D eigenvalue weighted by Crippen LogP contribution is 2.41. The maximum atomic E-state index is 10.9. The van der Waals surface area contributed by atoms with Gasteiger partial charge in [0, 0.05) is 10.3 Å². The highest BCUT2D eigenvalue weighted by Gasteiger charge is 2.34. The number of hydrogen-bond donors (Lipinski definition) is 2. The number of thioether (sulfide) groups is 1. The first kappa shape index (κ1) is 9.61. The summed E-state index contributed by atoms with van der Waals surface area (Å²) in [5.41, 5.74) is 5.68. The summed E-state index contributed by atoms with van der Waals surface area (Å²) in [6, 6.07) is 4.04. The fourth-order valence-corrected chi connectivity index (χ4v) is 3.19. The molecule has 0 spiro atoms. The number of thiophene rings is 1. The summed E-state index contributed by atoms with van der Waals surface area (Å²) in [6.07, 6.45) is 0. The van der Waals surface area contributed by atoms with Crippen molar-refractivity contribution in [2.75, 3.05) is 0 Å². The van der Waals surface area contributed by atoms with Crippen LogP contribution in [0.4, 0.5) is 0 Å². The van der Waals surface area contributed by atoms with E-state index in [1.807, 2.05) is 24.4 Å². The first-order chi connectivity index (χ1) is 6.62. The summed E-state index contributed by atoms with van der Waals surface area (Å²) in [5, 5.41) is 6.93. The van der Waals surface area contributed by atoms with Gasteiger partial charge in [0.15, 0.2) is 0 Å². The summed E-state index contributed by atoms with van der Waals surface area (Å²) < 4.78 is 0. The van der Waals surface area contributed by atoms with Crippen molar-refractivity contribution in [1.82, 2.24) is 5.32 Å². The normalized spacial score (nSPS) is 25.6. The van der Waals surface area contributed by atoms with Crippen LogP contribution in [0.25, 0.3) is 0 Å². The van der Waals surface area contributed by atoms with Crippen molar-refractivity contribution in [1.29, 1.82) is 0 Å². The molecule has 0 fully saturated rings. The monoisotopic (exact) mass is 226 g/mol. The van der Waals surface area contributed by atoms with Crippen LogP contribution in [-0.4, -0.2) is 5.91 Å². The average molecular weight is 226 g/mol. The predicted molar refractivity (Wildman–Crippen MR) is 59.7 cm³/mol. The molecule has 14 heavy (non-hydrogen) atoms. The Hall–Kier alpha value is -0.940. The molecule has 0 saturated carbocycles. The van der Waals surface area contributed by atoms with Crippen LogP contribution in [0.2, 0.25) is 0 Å². The maximum Gasteiger partial charge on any atom is 0.265 e. The maximum absolute atomic E-state index is 10.9. The Morgan fingerprint density at radius 1 is 1.64 bits per heavy atom. The molecular formula is C9H10N2OS2. The van der Waals surface area contributed by atoms with Gasteiger partial charge in [-0.3, -0.25) is 4.79 Å². The zero-order chi connectivity index (χ0) is 10.2. The molecule has 0 aliphatic carbocycles. The van der Waals surface area contributed by atoms with Gasteiger partial charge in [-0.15, -0.1) is 11.3 Å². The smallest absolute Gasteiger partial charge is 0.265 e. The topological polar surface area (TPSA) is 55.1 Å². The van der Waals surface area contributed by atoms with Crippen LogP contribution in [0, 0.1) is 0 Å². The number of nitrogens with two attached hydrogens (primary N) is 1. The predicted octanol–water partition coefficient (Wildman–Crippen LogP) is 1.58. The van der Waals surface area contributed by atoms with E-state index in [2.05, 4.69) is 5.32 Å². The third-order valence-corrected chi connectivity index (χ3v) is 4.41. The zero-order valence-corrected chi connectivity index (χ0v) is 9.24. The molecule has 0 bridgehead atoms. The fourth-order valence-electron chi connectivity index (χ4n) is 1.28. The second-order valence-corrected chi connectivity index (χ2v) is 5.38. The Bertz CT molecular complexity index is 386. The minimum Gasteiger partial charge on any atom is -0.364 e. The van der Waals surface area contributed by atoms with Crippen molar-refractivity contribution in [3.05, 3.63) is 33.5 Å². The van der Waals surface area contributed by atoms with Gasteiger partial charge in [0.05, 0.1) is 0 Å². The lowest BCUT2D eigenvalue weighted by atomic mass is 10.2. The van der Waals surface area contributed by atoms with E-state index in [0.29, 0.717) is 5.70 Å². The summed E-state index contributed by atoms with van der Waals surface area (Å²) in [6.45, 7) is 2.04. The molecule has 1 amide bonds. The molecule has 2 rings (SSSR count). The standard InChI is InChI=1S/C9H10N2OS2/c1-9(7-3-2-4-13-7)11-6(5-14-9)8(10)12/h2-5,11H,1H3,(H2,10,12). The van der Waals surface area contributed by atoms with Gasteiger partial charge in [-0.25, -0.2) is 0 Å². The van der Waals surface area contributed by atoms with Crippen LogP contribution in [0.5, 0.6) is 0 Å². The molecule has 1 aromatic heterocycles. The van der Waals surface area contributed by atoms with Crippen LogP contribution in [-0.2, 0) is 9.67 Å². The summed E-state index contributed by atoms with van der Waals surface area (Å²) >= 11 is 3.24. The van der Waals surface area contributed by atoms with Gasteiger partial charge in [-0.05, 0) is 18.4 Å². The highest BCUT2D eigenvalue weighted by atomic mass is 32.2. The van der Waals surface area contributed by atoms with E-state index in [4.69, 9.17) is 5.73 Å². The third kappa shape index (κ3) is 1.53. The van der Waals surface area contributed by atoms with Crippen molar-refractivity contribution in [2.24, 2.45) is 5.73 Å². The van der Waals surface area contributed by atoms with E-state index >= 15 is 0 Å². The molecule has 74 valence electrons. The van der Waals surface area contributed by atoms with E-state index in [0.717, 1.165) is 0 Å². The van der Waals surface area contributed by atoms with Crippen molar-refractivity contribution < 1.29 is 4.79 Å². The van der Waals surface area contributed by atoms with Crippen LogP contribution in [0.15, 0.2) is 28.6 Å². The Balaban J connectivity index is 2.21. The van der Waals surface area contributed by atoms with E-state index in [-0.39, 0.29) is 4.87 Å². The molecule has 3 nitrogen and oxygen atoms in total. The van der Waals surface area contributed by atoms with Gasteiger partial charge in [-0.1, -0.05) is 17.8 Å². The number of primary amides is 1. The number of rotatable bonds is 2. The molecular weight excluding hydrogens is 216 g/mol. The van der Waals surface area contributed by atoms with Gasteiger partial charge in [0.2, 0.25) is 0 Å². The molecule has 1 aromatic rings. The van der Waals surface area contributed by atoms with Crippen LogP contribution in [0.1, 0.15) is 11.8 Å². The van der Waals surface area contributed by atoms with Crippen molar-refractivity contribution in [2.45, 2.75) is 11.8 Å². The lowest BCUT2D eigenvalue weighted by Crippen LogP contribution is -2.35. The summed E-state index contributed by atoms with van der Waals surface area (Å²) in [4.78, 5) is 11.9. The SMILES string of the molecule is CC1(c2cccs2)NC(C(N)=O)=CS1. The van der Waals surface area contributed by atoms with E-state index < -0.39 is 5.91 Å². The molecule has 5 heteroatoms. The van der Waals surface area contributed by atoms with Crippen LogP contribution >= 0.6 is 23.1 Å². The summed E-state index contributed by atoms with van der Waals surface area (Å²) in [7, 11) is 0. The molecule has 2 heterocycles. The quantitative estimate of drug-likeness (QED) is 0.805. The van der Waals surface area contributed by atoms with Crippen molar-refractivity contribution in [3.63, 3.8) is 0 Å². The Morgan fingerprint density at radius 3 is 2.93 bits per heavy atom. The van der Waals surface area contributed by atoms with E-state index in [9.17, 15) is 4.79 Å². The first-order valence-corrected chi connectivity index (χ1v) is 5.88. The molecule has 0 saturated heterocycles. The summed E-state index contributed by atoms with van der Waals surface area (Å²) in [5.74, 6) is -0.405. The molecule has 0 radical (unpaired) electrons. The molecule has 1 aliphatic rings. The average Bonchev–Trinajstić information content (AvgIpc) is 2.71. The molecule has 1 atom stereocenters. The Morgan fingerprint density at radius 2 is 2.43 bits per heavy atom. The van der Waals surface area contributed by atoms with Gasteiger partial charge in [0.25, 0.3) is 5.91 Å². The van der Waals surface area contributed by atoms with Crippen LogP contribution in [0.3, 0.4) is 0 Å². The Labute approximate surface area is 90.4 Å². The highest BCUT2D eigenvalue weighted by molar-refractivity contribution is 8.03. The van der Waals surface area contributed by atoms with Crippen molar-refractivity contribution in [3.8, 4) is 0 Å². The van der Waals surface area contributed by atoms with Gasteiger partial charge in [-0.2, -0.15) is 0 Å². The number of carbonyl (C=O) groups is 1. The van der Waals surface area contributed by atoms with Crippen LogP contribution < -0.4 is 11.1 Å². The number of amides is 1.